The summed E-state index contributed by atoms with van der Waals surface area (Å²) in [7, 11) is 5.41. The topological polar surface area (TPSA) is 74.6 Å². The summed E-state index contributed by atoms with van der Waals surface area (Å²) in [5.74, 6) is -1.12. The number of rotatable bonds is 4. The molecule has 1 aromatic carbocycles. The second-order valence-electron chi connectivity index (χ2n) is 4.98. The van der Waals surface area contributed by atoms with Gasteiger partial charge in [0, 0.05) is 29.8 Å². The van der Waals surface area contributed by atoms with E-state index in [0.717, 1.165) is 5.52 Å². The zero-order valence-electron chi connectivity index (χ0n) is 11.7. The summed E-state index contributed by atoms with van der Waals surface area (Å²) in [6.07, 6.45) is 1.57. The molecule has 6 nitrogen and oxygen atoms in total. The molecule has 0 aliphatic heterocycles. The van der Waals surface area contributed by atoms with Gasteiger partial charge >= 0.3 is 5.97 Å². The average Bonchev–Trinajstić information content (AvgIpc) is 2.65. The molecular formula is C14H17N3O3. The van der Waals surface area contributed by atoms with Crippen molar-refractivity contribution in [1.82, 2.24) is 9.47 Å². The molecule has 1 aromatic heterocycles. The first-order chi connectivity index (χ1) is 9.38. The molecule has 0 atom stereocenters. The maximum Gasteiger partial charge on any atom is 0.337 e. The van der Waals surface area contributed by atoms with E-state index in [0.29, 0.717) is 11.1 Å². The van der Waals surface area contributed by atoms with Crippen LogP contribution < -0.4 is 5.32 Å². The molecule has 2 N–H and O–H groups in total. The largest absolute Gasteiger partial charge is 0.478 e. The third kappa shape index (κ3) is 2.80. The number of nitrogens with one attached hydrogen (secondary N) is 1. The minimum Gasteiger partial charge on any atom is -0.478 e. The lowest BCUT2D eigenvalue weighted by Gasteiger charge is -2.10. The summed E-state index contributed by atoms with van der Waals surface area (Å²) >= 11 is 0. The van der Waals surface area contributed by atoms with Crippen LogP contribution in [0.2, 0.25) is 0 Å². The number of hydrogen-bond acceptors (Lipinski definition) is 3. The Bertz CT molecular complexity index is 674. The number of carbonyl (C=O) groups is 2. The van der Waals surface area contributed by atoms with Crippen LogP contribution in [0.3, 0.4) is 0 Å². The molecule has 0 fully saturated rings. The van der Waals surface area contributed by atoms with Crippen molar-refractivity contribution in [3.63, 3.8) is 0 Å². The van der Waals surface area contributed by atoms with Gasteiger partial charge < -0.3 is 19.9 Å². The predicted octanol–water partition coefficient (Wildman–Crippen LogP) is 1.38. The van der Waals surface area contributed by atoms with Gasteiger partial charge in [0.25, 0.3) is 0 Å². The number of carboxylic acids is 1. The van der Waals surface area contributed by atoms with Gasteiger partial charge in [0.2, 0.25) is 5.91 Å². The number of likely N-dealkylation sites (N-methyl/N-ethyl adjacent to an activating group) is 1. The smallest absolute Gasteiger partial charge is 0.337 e. The quantitative estimate of drug-likeness (QED) is 0.884. The van der Waals surface area contributed by atoms with E-state index in [1.54, 1.807) is 40.9 Å². The normalized spacial score (nSPS) is 11.0. The van der Waals surface area contributed by atoms with E-state index in [4.69, 9.17) is 0 Å². The minimum atomic E-state index is -0.979. The molecule has 1 amide bonds. The van der Waals surface area contributed by atoms with Gasteiger partial charge in [-0.3, -0.25) is 4.79 Å². The molecule has 0 aliphatic rings. The molecule has 0 radical (unpaired) electrons. The number of fused-ring (bicyclic) bond motifs is 1. The third-order valence-electron chi connectivity index (χ3n) is 2.96. The van der Waals surface area contributed by atoms with Crippen LogP contribution in [0.5, 0.6) is 0 Å². The molecule has 20 heavy (non-hydrogen) atoms. The Kier molecular flexibility index (Phi) is 3.76. The highest BCUT2D eigenvalue weighted by atomic mass is 16.4. The summed E-state index contributed by atoms with van der Waals surface area (Å²) in [5.41, 5.74) is 1.64. The zero-order valence-corrected chi connectivity index (χ0v) is 11.7. The highest BCUT2D eigenvalue weighted by Crippen LogP contribution is 2.24. The first kappa shape index (κ1) is 14.1. The lowest BCUT2D eigenvalue weighted by molar-refractivity contribution is -0.116. The van der Waals surface area contributed by atoms with E-state index >= 15 is 0 Å². The number of carboxylic acid groups (broad SMARTS) is 1. The Morgan fingerprint density at radius 1 is 1.35 bits per heavy atom. The van der Waals surface area contributed by atoms with E-state index in [9.17, 15) is 14.7 Å². The molecule has 0 unspecified atom stereocenters. The van der Waals surface area contributed by atoms with Crippen molar-refractivity contribution in [3.8, 4) is 0 Å². The van der Waals surface area contributed by atoms with Crippen LogP contribution in [0.25, 0.3) is 10.9 Å². The fourth-order valence-electron chi connectivity index (χ4n) is 2.13. The van der Waals surface area contributed by atoms with Crippen molar-refractivity contribution in [2.45, 2.75) is 0 Å². The molecule has 6 heteroatoms. The SMILES string of the molecule is CN(C)CC(=O)Nc1ccc2c(c1)c(C(=O)O)cn2C. The molecule has 1 heterocycles. The van der Waals surface area contributed by atoms with Gasteiger partial charge in [-0.05, 0) is 32.3 Å². The number of nitrogens with zero attached hydrogens (tertiary/aromatic N) is 2. The Hall–Kier alpha value is -2.34. The van der Waals surface area contributed by atoms with Crippen LogP contribution in [-0.4, -0.2) is 47.1 Å². The van der Waals surface area contributed by atoms with Crippen molar-refractivity contribution >= 4 is 28.5 Å². The van der Waals surface area contributed by atoms with Gasteiger partial charge in [0.15, 0.2) is 0 Å². The number of aromatic nitrogens is 1. The van der Waals surface area contributed by atoms with Crippen LogP contribution in [0.1, 0.15) is 10.4 Å². The van der Waals surface area contributed by atoms with Crippen molar-refractivity contribution in [1.29, 1.82) is 0 Å². The van der Waals surface area contributed by atoms with Crippen LogP contribution in [0.15, 0.2) is 24.4 Å². The van der Waals surface area contributed by atoms with Crippen LogP contribution in [0.4, 0.5) is 5.69 Å². The van der Waals surface area contributed by atoms with Gasteiger partial charge in [0.05, 0.1) is 12.1 Å². The Morgan fingerprint density at radius 3 is 2.65 bits per heavy atom. The van der Waals surface area contributed by atoms with Crippen LogP contribution in [-0.2, 0) is 11.8 Å². The molecular weight excluding hydrogens is 258 g/mol. The molecule has 0 saturated heterocycles. The lowest BCUT2D eigenvalue weighted by Crippen LogP contribution is -2.27. The standard InChI is InChI=1S/C14H17N3O3/c1-16(2)8-13(18)15-9-4-5-12-10(6-9)11(14(19)20)7-17(12)3/h4-7H,8H2,1-3H3,(H,15,18)(H,19,20). The summed E-state index contributed by atoms with van der Waals surface area (Å²) in [4.78, 5) is 24.7. The first-order valence-corrected chi connectivity index (χ1v) is 6.15. The van der Waals surface area contributed by atoms with Crippen molar-refractivity contribution in [3.05, 3.63) is 30.0 Å². The first-order valence-electron chi connectivity index (χ1n) is 6.15. The number of benzene rings is 1. The van der Waals surface area contributed by atoms with Crippen LogP contribution >= 0.6 is 0 Å². The van der Waals surface area contributed by atoms with Crippen molar-refractivity contribution < 1.29 is 14.7 Å². The van der Waals surface area contributed by atoms with Crippen molar-refractivity contribution in [2.75, 3.05) is 26.0 Å². The van der Waals surface area contributed by atoms with Gasteiger partial charge in [0.1, 0.15) is 0 Å². The second kappa shape index (κ2) is 5.34. The molecule has 0 aliphatic carbocycles. The maximum absolute atomic E-state index is 11.7. The summed E-state index contributed by atoms with van der Waals surface area (Å²) in [6, 6.07) is 5.25. The number of hydrogen-bond donors (Lipinski definition) is 2. The molecule has 0 saturated carbocycles. The predicted molar refractivity (Wildman–Crippen MR) is 77.1 cm³/mol. The number of aryl methyl sites for hydroxylation is 1. The molecule has 2 aromatic rings. The van der Waals surface area contributed by atoms with E-state index in [2.05, 4.69) is 5.32 Å². The Morgan fingerprint density at radius 2 is 2.05 bits per heavy atom. The van der Waals surface area contributed by atoms with E-state index in [-0.39, 0.29) is 18.0 Å². The Labute approximate surface area is 116 Å². The van der Waals surface area contributed by atoms with Crippen LogP contribution in [0, 0.1) is 0 Å². The summed E-state index contributed by atoms with van der Waals surface area (Å²) in [5, 5.41) is 12.6. The van der Waals surface area contributed by atoms with E-state index in [1.807, 2.05) is 14.1 Å². The highest BCUT2D eigenvalue weighted by Gasteiger charge is 2.13. The van der Waals surface area contributed by atoms with Crippen molar-refractivity contribution in [2.24, 2.45) is 7.05 Å². The van der Waals surface area contributed by atoms with Gasteiger partial charge in [-0.25, -0.2) is 4.79 Å². The summed E-state index contributed by atoms with van der Waals surface area (Å²) < 4.78 is 1.75. The second-order valence-corrected chi connectivity index (χ2v) is 4.98. The maximum atomic E-state index is 11.7. The summed E-state index contributed by atoms with van der Waals surface area (Å²) in [6.45, 7) is 0.276. The Balaban J connectivity index is 2.35. The highest BCUT2D eigenvalue weighted by molar-refractivity contribution is 6.05. The number of anilines is 1. The average molecular weight is 275 g/mol. The molecule has 0 bridgehead atoms. The molecule has 0 spiro atoms. The monoisotopic (exact) mass is 275 g/mol. The molecule has 2 rings (SSSR count). The van der Waals surface area contributed by atoms with E-state index in [1.165, 1.54) is 0 Å². The number of carbonyl (C=O) groups excluding carboxylic acids is 1. The van der Waals surface area contributed by atoms with Gasteiger partial charge in [-0.2, -0.15) is 0 Å². The van der Waals surface area contributed by atoms with E-state index < -0.39 is 5.97 Å². The fraction of sp³-hybridized carbons (Fsp3) is 0.286. The molecule has 106 valence electrons. The number of aromatic carboxylic acids is 1. The third-order valence-corrected chi connectivity index (χ3v) is 2.96. The zero-order chi connectivity index (χ0) is 14.9. The van der Waals surface area contributed by atoms with Gasteiger partial charge in [-0.15, -0.1) is 0 Å². The number of amides is 1. The fourth-order valence-corrected chi connectivity index (χ4v) is 2.13. The van der Waals surface area contributed by atoms with Gasteiger partial charge in [-0.1, -0.05) is 0 Å². The minimum absolute atomic E-state index is 0.137. The lowest BCUT2D eigenvalue weighted by atomic mass is 10.1.